The van der Waals surface area contributed by atoms with Crippen LogP contribution in [-0.4, -0.2) is 35.3 Å². The number of para-hydroxylation sites is 1. The number of anilines is 2. The number of halogens is 1. The van der Waals surface area contributed by atoms with Crippen LogP contribution in [-0.2, 0) is 22.4 Å². The Morgan fingerprint density at radius 2 is 1.76 bits per heavy atom. The van der Waals surface area contributed by atoms with Crippen LogP contribution in [0.15, 0.2) is 42.5 Å². The van der Waals surface area contributed by atoms with Crippen LogP contribution in [0, 0.1) is 0 Å². The van der Waals surface area contributed by atoms with Crippen LogP contribution >= 0.6 is 11.6 Å². The molecule has 1 aliphatic rings. The molecule has 0 spiro atoms. The van der Waals surface area contributed by atoms with Crippen LogP contribution in [0.2, 0.25) is 5.02 Å². The lowest BCUT2D eigenvalue weighted by Crippen LogP contribution is -2.39. The monoisotopic (exact) mass is 413 g/mol. The number of amides is 4. The summed E-state index contributed by atoms with van der Waals surface area (Å²) in [5.41, 5.74) is 3.09. The molecule has 2 aromatic rings. The number of nitrogens with one attached hydrogen (secondary N) is 1. The van der Waals surface area contributed by atoms with Gasteiger partial charge in [0, 0.05) is 16.4 Å². The molecule has 29 heavy (non-hydrogen) atoms. The standard InChI is InChI=1S/C22H24ClN3O3/c1-4-15-11-12-18(23)17(5-2)20(15)24-19(27)13-25-21(28)14(3)26(22(25)29)16-9-7-6-8-10-16/h6-12,14H,4-5,13H2,1-3H3,(H,24,27). The van der Waals surface area contributed by atoms with Crippen molar-refractivity contribution in [3.8, 4) is 0 Å². The Morgan fingerprint density at radius 3 is 2.38 bits per heavy atom. The zero-order valence-electron chi connectivity index (χ0n) is 16.7. The minimum absolute atomic E-state index is 0.343. The lowest BCUT2D eigenvalue weighted by atomic mass is 10.0. The van der Waals surface area contributed by atoms with E-state index in [4.69, 9.17) is 11.6 Å². The normalized spacial score (nSPS) is 16.5. The first-order chi connectivity index (χ1) is 13.9. The molecule has 0 aromatic heterocycles. The fraction of sp³-hybridized carbons (Fsp3) is 0.318. The quantitative estimate of drug-likeness (QED) is 0.719. The molecule has 1 N–H and O–H groups in total. The molecule has 152 valence electrons. The molecule has 1 unspecified atom stereocenters. The molecular formula is C22H24ClN3O3. The second-order valence-electron chi connectivity index (χ2n) is 6.90. The summed E-state index contributed by atoms with van der Waals surface area (Å²) in [5.74, 6) is -0.827. The van der Waals surface area contributed by atoms with Gasteiger partial charge in [-0.2, -0.15) is 0 Å². The van der Waals surface area contributed by atoms with Gasteiger partial charge in [0.2, 0.25) is 5.91 Å². The highest BCUT2D eigenvalue weighted by Crippen LogP contribution is 2.30. The van der Waals surface area contributed by atoms with E-state index < -0.39 is 23.9 Å². The highest BCUT2D eigenvalue weighted by molar-refractivity contribution is 6.32. The number of hydrogen-bond donors (Lipinski definition) is 1. The molecule has 0 bridgehead atoms. The Labute approximate surface area is 175 Å². The molecule has 6 nitrogen and oxygen atoms in total. The van der Waals surface area contributed by atoms with Crippen molar-refractivity contribution in [2.75, 3.05) is 16.8 Å². The van der Waals surface area contributed by atoms with E-state index in [0.29, 0.717) is 22.8 Å². The van der Waals surface area contributed by atoms with Crippen molar-refractivity contribution in [2.45, 2.75) is 39.7 Å². The van der Waals surface area contributed by atoms with E-state index in [1.54, 1.807) is 31.2 Å². The lowest BCUT2D eigenvalue weighted by molar-refractivity contribution is -0.130. The summed E-state index contributed by atoms with van der Waals surface area (Å²) in [7, 11) is 0. The molecule has 1 saturated heterocycles. The maximum absolute atomic E-state index is 12.8. The van der Waals surface area contributed by atoms with Crippen molar-refractivity contribution in [3.63, 3.8) is 0 Å². The zero-order chi connectivity index (χ0) is 21.1. The summed E-state index contributed by atoms with van der Waals surface area (Å²) >= 11 is 6.29. The number of nitrogens with zero attached hydrogens (tertiary/aromatic N) is 2. The fourth-order valence-corrected chi connectivity index (χ4v) is 3.87. The van der Waals surface area contributed by atoms with E-state index in [2.05, 4.69) is 5.32 Å². The first-order valence-corrected chi connectivity index (χ1v) is 10.1. The summed E-state index contributed by atoms with van der Waals surface area (Å²) in [4.78, 5) is 40.6. The maximum atomic E-state index is 12.8. The van der Waals surface area contributed by atoms with Gasteiger partial charge in [-0.3, -0.25) is 19.4 Å². The van der Waals surface area contributed by atoms with Gasteiger partial charge in [-0.25, -0.2) is 4.79 Å². The number of hydrogen-bond acceptors (Lipinski definition) is 3. The molecule has 3 rings (SSSR count). The minimum atomic E-state index is -0.665. The third kappa shape index (κ3) is 3.98. The molecule has 1 heterocycles. The summed E-state index contributed by atoms with van der Waals surface area (Å²) in [6.45, 7) is 5.27. The van der Waals surface area contributed by atoms with Gasteiger partial charge in [-0.05, 0) is 49.1 Å². The lowest BCUT2D eigenvalue weighted by Gasteiger charge is -2.20. The van der Waals surface area contributed by atoms with Crippen molar-refractivity contribution in [1.82, 2.24) is 4.90 Å². The van der Waals surface area contributed by atoms with E-state index in [1.165, 1.54) is 4.90 Å². The van der Waals surface area contributed by atoms with Gasteiger partial charge in [0.25, 0.3) is 5.91 Å². The van der Waals surface area contributed by atoms with Gasteiger partial charge in [0.1, 0.15) is 12.6 Å². The van der Waals surface area contributed by atoms with E-state index in [1.807, 2.05) is 32.0 Å². The Morgan fingerprint density at radius 1 is 1.07 bits per heavy atom. The largest absolute Gasteiger partial charge is 0.332 e. The number of urea groups is 1. The fourth-order valence-electron chi connectivity index (χ4n) is 3.58. The zero-order valence-corrected chi connectivity index (χ0v) is 17.5. The SMILES string of the molecule is CCc1ccc(Cl)c(CC)c1NC(=O)CN1C(=O)C(C)N(c2ccccc2)C1=O. The smallest absolute Gasteiger partial charge is 0.324 e. The van der Waals surface area contributed by atoms with Gasteiger partial charge < -0.3 is 5.32 Å². The third-order valence-corrected chi connectivity index (χ3v) is 5.48. The molecule has 4 amide bonds. The molecule has 0 saturated carbocycles. The van der Waals surface area contributed by atoms with Crippen LogP contribution in [0.3, 0.4) is 0 Å². The van der Waals surface area contributed by atoms with Gasteiger partial charge in [0.05, 0.1) is 0 Å². The number of carbonyl (C=O) groups is 3. The Kier molecular flexibility index (Phi) is 6.23. The van der Waals surface area contributed by atoms with Crippen molar-refractivity contribution in [1.29, 1.82) is 0 Å². The van der Waals surface area contributed by atoms with Gasteiger partial charge in [-0.15, -0.1) is 0 Å². The highest BCUT2D eigenvalue weighted by Gasteiger charge is 2.44. The van der Waals surface area contributed by atoms with Crippen molar-refractivity contribution < 1.29 is 14.4 Å². The van der Waals surface area contributed by atoms with Gasteiger partial charge >= 0.3 is 6.03 Å². The van der Waals surface area contributed by atoms with E-state index >= 15 is 0 Å². The van der Waals surface area contributed by atoms with Crippen LogP contribution in [0.4, 0.5) is 16.2 Å². The van der Waals surface area contributed by atoms with Crippen molar-refractivity contribution in [2.24, 2.45) is 0 Å². The Balaban J connectivity index is 1.81. The van der Waals surface area contributed by atoms with Gasteiger partial charge in [0.15, 0.2) is 0 Å². The molecule has 0 radical (unpaired) electrons. The maximum Gasteiger partial charge on any atom is 0.332 e. The predicted octanol–water partition coefficient (Wildman–Crippen LogP) is 4.26. The van der Waals surface area contributed by atoms with Gasteiger partial charge in [-0.1, -0.05) is 49.7 Å². The second-order valence-corrected chi connectivity index (χ2v) is 7.31. The number of benzene rings is 2. The van der Waals surface area contributed by atoms with Crippen molar-refractivity contribution in [3.05, 3.63) is 58.6 Å². The van der Waals surface area contributed by atoms with Crippen LogP contribution in [0.5, 0.6) is 0 Å². The average molecular weight is 414 g/mol. The number of rotatable bonds is 6. The first kappa shape index (κ1) is 20.9. The molecule has 2 aromatic carbocycles. The van der Waals surface area contributed by atoms with E-state index in [0.717, 1.165) is 22.4 Å². The van der Waals surface area contributed by atoms with Crippen LogP contribution in [0.1, 0.15) is 31.9 Å². The molecule has 0 aliphatic carbocycles. The Bertz CT molecular complexity index is 946. The molecular weight excluding hydrogens is 390 g/mol. The molecule has 1 fully saturated rings. The van der Waals surface area contributed by atoms with Crippen molar-refractivity contribution >= 4 is 40.8 Å². The van der Waals surface area contributed by atoms with E-state index in [-0.39, 0.29) is 6.54 Å². The van der Waals surface area contributed by atoms with E-state index in [9.17, 15) is 14.4 Å². The number of imide groups is 1. The molecule has 1 aliphatic heterocycles. The minimum Gasteiger partial charge on any atom is -0.324 e. The molecule has 7 heteroatoms. The summed E-state index contributed by atoms with van der Waals surface area (Å²) in [6, 6.07) is 11.5. The highest BCUT2D eigenvalue weighted by atomic mass is 35.5. The second kappa shape index (κ2) is 8.66. The van der Waals surface area contributed by atoms with Crippen LogP contribution in [0.25, 0.3) is 0 Å². The average Bonchev–Trinajstić information content (AvgIpc) is 2.92. The van der Waals surface area contributed by atoms with Crippen LogP contribution < -0.4 is 10.2 Å². The predicted molar refractivity (Wildman–Crippen MR) is 114 cm³/mol. The Hall–Kier alpha value is -2.86. The molecule has 1 atom stereocenters. The first-order valence-electron chi connectivity index (χ1n) is 9.68. The topological polar surface area (TPSA) is 69.7 Å². The summed E-state index contributed by atoms with van der Waals surface area (Å²) < 4.78 is 0. The summed E-state index contributed by atoms with van der Waals surface area (Å²) in [6.07, 6.45) is 1.38. The number of carbonyl (C=O) groups excluding carboxylic acids is 3. The summed E-state index contributed by atoms with van der Waals surface area (Å²) in [5, 5.41) is 3.45. The third-order valence-electron chi connectivity index (χ3n) is 5.12. The number of aryl methyl sites for hydroxylation is 1.